The van der Waals surface area contributed by atoms with Gasteiger partial charge in [0.2, 0.25) is 0 Å². The summed E-state index contributed by atoms with van der Waals surface area (Å²) in [5.41, 5.74) is 10.5. The molecule has 2 rings (SSSR count). The van der Waals surface area contributed by atoms with Crippen molar-refractivity contribution in [3.8, 4) is 0 Å². The van der Waals surface area contributed by atoms with E-state index in [4.69, 9.17) is 5.73 Å². The highest BCUT2D eigenvalue weighted by Crippen LogP contribution is 2.30. The molecule has 0 saturated carbocycles. The number of nitrogens with zero attached hydrogens (tertiary/aromatic N) is 1. The van der Waals surface area contributed by atoms with Gasteiger partial charge in [0.1, 0.15) is 0 Å². The molecule has 21 heavy (non-hydrogen) atoms. The Hall–Kier alpha value is -1.02. The summed E-state index contributed by atoms with van der Waals surface area (Å²) >= 11 is 0. The zero-order chi connectivity index (χ0) is 15.2. The van der Waals surface area contributed by atoms with Gasteiger partial charge in [-0.2, -0.15) is 0 Å². The molecule has 0 aromatic heterocycles. The van der Waals surface area contributed by atoms with Gasteiger partial charge in [-0.1, -0.05) is 44.4 Å². The summed E-state index contributed by atoms with van der Waals surface area (Å²) in [6.07, 6.45) is 8.71. The van der Waals surface area contributed by atoms with Crippen molar-refractivity contribution in [2.45, 2.75) is 77.8 Å². The van der Waals surface area contributed by atoms with Crippen LogP contribution in [0.2, 0.25) is 0 Å². The molecule has 0 bridgehead atoms. The van der Waals surface area contributed by atoms with Crippen LogP contribution in [0.3, 0.4) is 0 Å². The van der Waals surface area contributed by atoms with Gasteiger partial charge in [-0.25, -0.2) is 0 Å². The van der Waals surface area contributed by atoms with E-state index in [9.17, 15) is 0 Å². The van der Waals surface area contributed by atoms with E-state index in [1.807, 2.05) is 0 Å². The minimum absolute atomic E-state index is 0.276. The van der Waals surface area contributed by atoms with Gasteiger partial charge >= 0.3 is 0 Å². The maximum atomic E-state index is 6.23. The van der Waals surface area contributed by atoms with E-state index in [0.717, 1.165) is 12.8 Å². The maximum Gasteiger partial charge on any atom is 0.0402 e. The van der Waals surface area contributed by atoms with E-state index in [-0.39, 0.29) is 6.04 Å². The van der Waals surface area contributed by atoms with Crippen LogP contribution in [0.15, 0.2) is 18.2 Å². The Morgan fingerprint density at radius 2 is 2.05 bits per heavy atom. The van der Waals surface area contributed by atoms with Crippen LogP contribution in [0, 0.1) is 6.92 Å². The largest absolute Gasteiger partial charge is 0.368 e. The SMILES string of the molecule is CCC(N)Cc1cc(C)ccc1N1CCCCCC1CC. The van der Waals surface area contributed by atoms with Gasteiger partial charge in [0.05, 0.1) is 0 Å². The Bertz CT molecular complexity index is 441. The first kappa shape index (κ1) is 16.4. The van der Waals surface area contributed by atoms with Gasteiger partial charge in [-0.3, -0.25) is 0 Å². The number of nitrogens with two attached hydrogens (primary N) is 1. The first-order valence-corrected chi connectivity index (χ1v) is 8.77. The van der Waals surface area contributed by atoms with Crippen LogP contribution in [-0.2, 0) is 6.42 Å². The quantitative estimate of drug-likeness (QED) is 0.868. The summed E-state index contributed by atoms with van der Waals surface area (Å²) < 4.78 is 0. The van der Waals surface area contributed by atoms with E-state index in [1.54, 1.807) is 0 Å². The highest BCUT2D eigenvalue weighted by molar-refractivity contribution is 5.56. The highest BCUT2D eigenvalue weighted by atomic mass is 15.2. The molecule has 1 saturated heterocycles. The van der Waals surface area contributed by atoms with E-state index < -0.39 is 0 Å². The van der Waals surface area contributed by atoms with Gasteiger partial charge in [0, 0.05) is 24.3 Å². The second kappa shape index (κ2) is 7.84. The molecule has 1 aromatic rings. The van der Waals surface area contributed by atoms with Crippen molar-refractivity contribution in [3.05, 3.63) is 29.3 Å². The lowest BCUT2D eigenvalue weighted by Crippen LogP contribution is -2.35. The third-order valence-corrected chi connectivity index (χ3v) is 4.90. The third kappa shape index (κ3) is 4.23. The third-order valence-electron chi connectivity index (χ3n) is 4.90. The fourth-order valence-electron chi connectivity index (χ4n) is 3.50. The molecular formula is C19H32N2. The summed E-state index contributed by atoms with van der Waals surface area (Å²) in [6.45, 7) is 7.90. The standard InChI is InChI=1S/C19H32N2/c1-4-17(20)14-16-13-15(3)10-11-19(16)21-12-8-6-7-9-18(21)5-2/h10-11,13,17-18H,4-9,12,14,20H2,1-3H3. The predicted molar refractivity (Wildman–Crippen MR) is 93.0 cm³/mol. The molecule has 1 aliphatic rings. The second-order valence-corrected chi connectivity index (χ2v) is 6.61. The molecule has 2 nitrogen and oxygen atoms in total. The lowest BCUT2D eigenvalue weighted by Gasteiger charge is -2.34. The molecule has 1 heterocycles. The van der Waals surface area contributed by atoms with Gasteiger partial charge in [0.25, 0.3) is 0 Å². The van der Waals surface area contributed by atoms with Crippen LogP contribution in [0.1, 0.15) is 63.5 Å². The molecule has 0 radical (unpaired) electrons. The van der Waals surface area contributed by atoms with Crippen LogP contribution in [0.5, 0.6) is 0 Å². The number of rotatable bonds is 5. The number of hydrogen-bond acceptors (Lipinski definition) is 2. The minimum atomic E-state index is 0.276. The Labute approximate surface area is 130 Å². The summed E-state index contributed by atoms with van der Waals surface area (Å²) in [6, 6.07) is 7.92. The summed E-state index contributed by atoms with van der Waals surface area (Å²) in [4.78, 5) is 2.67. The maximum absolute atomic E-state index is 6.23. The topological polar surface area (TPSA) is 29.3 Å². The molecule has 1 aliphatic heterocycles. The Morgan fingerprint density at radius 1 is 1.24 bits per heavy atom. The van der Waals surface area contributed by atoms with Crippen LogP contribution >= 0.6 is 0 Å². The minimum Gasteiger partial charge on any atom is -0.368 e. The Kier molecular flexibility index (Phi) is 6.10. The highest BCUT2D eigenvalue weighted by Gasteiger charge is 2.22. The van der Waals surface area contributed by atoms with E-state index >= 15 is 0 Å². The van der Waals surface area contributed by atoms with Crippen LogP contribution in [-0.4, -0.2) is 18.6 Å². The van der Waals surface area contributed by atoms with Crippen molar-refractivity contribution in [2.75, 3.05) is 11.4 Å². The molecule has 0 spiro atoms. The summed E-state index contributed by atoms with van der Waals surface area (Å²) in [5, 5.41) is 0. The molecular weight excluding hydrogens is 256 g/mol. The van der Waals surface area contributed by atoms with E-state index in [1.165, 1.54) is 55.5 Å². The molecule has 1 aromatic carbocycles. The molecule has 118 valence electrons. The van der Waals surface area contributed by atoms with Crippen molar-refractivity contribution >= 4 is 5.69 Å². The molecule has 0 amide bonds. The molecule has 0 aliphatic carbocycles. The molecule has 2 atom stereocenters. The van der Waals surface area contributed by atoms with E-state index in [2.05, 4.69) is 43.9 Å². The predicted octanol–water partition coefficient (Wildman–Crippen LogP) is 4.43. The van der Waals surface area contributed by atoms with Gasteiger partial charge in [-0.05, 0) is 50.7 Å². The molecule has 2 N–H and O–H groups in total. The average molecular weight is 288 g/mol. The van der Waals surface area contributed by atoms with Crippen molar-refractivity contribution in [1.29, 1.82) is 0 Å². The van der Waals surface area contributed by atoms with Gasteiger partial charge in [0.15, 0.2) is 0 Å². The lowest BCUT2D eigenvalue weighted by molar-refractivity contribution is 0.553. The lowest BCUT2D eigenvalue weighted by atomic mass is 9.98. The van der Waals surface area contributed by atoms with Crippen LogP contribution in [0.25, 0.3) is 0 Å². The molecule has 2 heteroatoms. The zero-order valence-corrected chi connectivity index (χ0v) is 14.1. The smallest absolute Gasteiger partial charge is 0.0402 e. The first-order chi connectivity index (χ1) is 10.2. The number of hydrogen-bond donors (Lipinski definition) is 1. The second-order valence-electron chi connectivity index (χ2n) is 6.61. The number of aryl methyl sites for hydroxylation is 1. The number of anilines is 1. The average Bonchev–Trinajstić information content (AvgIpc) is 2.72. The van der Waals surface area contributed by atoms with Crippen molar-refractivity contribution in [1.82, 2.24) is 0 Å². The first-order valence-electron chi connectivity index (χ1n) is 8.77. The summed E-state index contributed by atoms with van der Waals surface area (Å²) in [5.74, 6) is 0. The van der Waals surface area contributed by atoms with Crippen LogP contribution < -0.4 is 10.6 Å². The van der Waals surface area contributed by atoms with Crippen molar-refractivity contribution in [3.63, 3.8) is 0 Å². The Morgan fingerprint density at radius 3 is 2.76 bits per heavy atom. The fourth-order valence-corrected chi connectivity index (χ4v) is 3.50. The summed E-state index contributed by atoms with van der Waals surface area (Å²) in [7, 11) is 0. The monoisotopic (exact) mass is 288 g/mol. The number of benzene rings is 1. The van der Waals surface area contributed by atoms with Crippen molar-refractivity contribution < 1.29 is 0 Å². The van der Waals surface area contributed by atoms with Gasteiger partial charge < -0.3 is 10.6 Å². The van der Waals surface area contributed by atoms with Gasteiger partial charge in [-0.15, -0.1) is 0 Å². The molecule has 2 unspecified atom stereocenters. The Balaban J connectivity index is 2.31. The zero-order valence-electron chi connectivity index (χ0n) is 14.1. The van der Waals surface area contributed by atoms with E-state index in [0.29, 0.717) is 6.04 Å². The fraction of sp³-hybridized carbons (Fsp3) is 0.684. The van der Waals surface area contributed by atoms with Crippen molar-refractivity contribution in [2.24, 2.45) is 5.73 Å². The van der Waals surface area contributed by atoms with Crippen LogP contribution in [0.4, 0.5) is 5.69 Å². The molecule has 1 fully saturated rings. The normalized spacial score (nSPS) is 21.1.